The topological polar surface area (TPSA) is 90.8 Å². The van der Waals surface area contributed by atoms with Crippen LogP contribution in [0.1, 0.15) is 49.1 Å². The highest BCUT2D eigenvalue weighted by atomic mass is 16.5. The zero-order valence-corrected chi connectivity index (χ0v) is 20.0. The van der Waals surface area contributed by atoms with Crippen molar-refractivity contribution >= 4 is 0 Å². The van der Waals surface area contributed by atoms with E-state index in [9.17, 15) is 5.26 Å². The van der Waals surface area contributed by atoms with E-state index in [-0.39, 0.29) is 12.0 Å². The molecule has 4 aromatic rings. The van der Waals surface area contributed by atoms with Crippen molar-refractivity contribution < 1.29 is 9.47 Å². The van der Waals surface area contributed by atoms with Gasteiger partial charge in [-0.1, -0.05) is 38.5 Å². The van der Waals surface area contributed by atoms with Crippen molar-refractivity contribution in [1.82, 2.24) is 24.3 Å². The summed E-state index contributed by atoms with van der Waals surface area (Å²) >= 11 is 0. The summed E-state index contributed by atoms with van der Waals surface area (Å²) in [5.74, 6) is 2.90. The van der Waals surface area contributed by atoms with Gasteiger partial charge >= 0.3 is 0 Å². The van der Waals surface area contributed by atoms with Gasteiger partial charge < -0.3 is 14.0 Å². The highest BCUT2D eigenvalue weighted by molar-refractivity contribution is 5.71. The van der Waals surface area contributed by atoms with Crippen molar-refractivity contribution in [3.8, 4) is 34.6 Å². The van der Waals surface area contributed by atoms with E-state index < -0.39 is 0 Å². The molecule has 0 radical (unpaired) electrons. The summed E-state index contributed by atoms with van der Waals surface area (Å²) in [6.07, 6.45) is 1.68. The molecule has 172 valence electrons. The molecule has 0 saturated heterocycles. The van der Waals surface area contributed by atoms with Gasteiger partial charge in [-0.2, -0.15) is 5.26 Å². The number of nitriles is 1. The minimum absolute atomic E-state index is 0.0627. The Bertz CT molecular complexity index is 1430. The standard InChI is InChI=1S/C26H26N6O2/c1-16-6-9-23(19(10-16)26(2,3)4)34-14-24-29-30-25-18-11-17(33-5)7-8-21(18)32-15-28-20(12-27)22(32)13-31(24)25/h6-11,15H,13-14H2,1-5H3. The van der Waals surface area contributed by atoms with Gasteiger partial charge in [0.05, 0.1) is 25.0 Å². The minimum Gasteiger partial charge on any atom is -0.497 e. The third-order valence-corrected chi connectivity index (χ3v) is 6.11. The number of aromatic nitrogens is 5. The van der Waals surface area contributed by atoms with E-state index in [2.05, 4.69) is 61.1 Å². The Morgan fingerprint density at radius 1 is 1.12 bits per heavy atom. The van der Waals surface area contributed by atoms with Crippen molar-refractivity contribution in [3.05, 3.63) is 71.1 Å². The molecule has 1 aliphatic rings. The van der Waals surface area contributed by atoms with Gasteiger partial charge in [0, 0.05) is 5.56 Å². The van der Waals surface area contributed by atoms with E-state index in [1.807, 2.05) is 33.4 Å². The number of nitrogens with zero attached hydrogens (tertiary/aromatic N) is 6. The summed E-state index contributed by atoms with van der Waals surface area (Å²) in [5, 5.41) is 18.6. The number of hydrogen-bond donors (Lipinski definition) is 0. The quantitative estimate of drug-likeness (QED) is 0.395. The zero-order chi connectivity index (χ0) is 24.0. The third kappa shape index (κ3) is 3.59. The Morgan fingerprint density at radius 2 is 1.94 bits per heavy atom. The number of fused-ring (bicyclic) bond motifs is 5. The molecule has 0 bridgehead atoms. The summed E-state index contributed by atoms with van der Waals surface area (Å²) in [6.45, 7) is 9.25. The Morgan fingerprint density at radius 3 is 2.68 bits per heavy atom. The highest BCUT2D eigenvalue weighted by Gasteiger charge is 2.27. The van der Waals surface area contributed by atoms with Crippen molar-refractivity contribution in [3.63, 3.8) is 0 Å². The maximum Gasteiger partial charge on any atom is 0.171 e. The molecule has 8 heteroatoms. The summed E-state index contributed by atoms with van der Waals surface area (Å²) in [6, 6.07) is 14.2. The lowest BCUT2D eigenvalue weighted by molar-refractivity contribution is 0.282. The van der Waals surface area contributed by atoms with Crippen molar-refractivity contribution in [2.24, 2.45) is 0 Å². The average molecular weight is 455 g/mol. The fourth-order valence-corrected chi connectivity index (χ4v) is 4.31. The van der Waals surface area contributed by atoms with Gasteiger partial charge in [0.15, 0.2) is 17.3 Å². The second-order valence-electron chi connectivity index (χ2n) is 9.47. The van der Waals surface area contributed by atoms with Crippen LogP contribution in [0, 0.1) is 18.3 Å². The van der Waals surface area contributed by atoms with Gasteiger partial charge in [0.1, 0.15) is 30.5 Å². The molecule has 3 heterocycles. The van der Waals surface area contributed by atoms with Crippen LogP contribution in [-0.2, 0) is 18.6 Å². The molecule has 2 aromatic carbocycles. The van der Waals surface area contributed by atoms with E-state index >= 15 is 0 Å². The molecule has 8 nitrogen and oxygen atoms in total. The van der Waals surface area contributed by atoms with Crippen molar-refractivity contribution in [2.45, 2.75) is 46.3 Å². The van der Waals surface area contributed by atoms with Gasteiger partial charge in [0.2, 0.25) is 0 Å². The van der Waals surface area contributed by atoms with E-state index in [1.165, 1.54) is 5.56 Å². The van der Waals surface area contributed by atoms with Crippen LogP contribution in [-0.4, -0.2) is 31.4 Å². The van der Waals surface area contributed by atoms with Gasteiger partial charge in [-0.3, -0.25) is 4.57 Å². The summed E-state index contributed by atoms with van der Waals surface area (Å²) in [5.41, 5.74) is 5.15. The number of methoxy groups -OCH3 is 1. The summed E-state index contributed by atoms with van der Waals surface area (Å²) in [7, 11) is 1.63. The molecule has 0 unspecified atom stereocenters. The third-order valence-electron chi connectivity index (χ3n) is 6.11. The molecule has 0 amide bonds. The van der Waals surface area contributed by atoms with Gasteiger partial charge in [-0.05, 0) is 42.2 Å². The predicted octanol–water partition coefficient (Wildman–Crippen LogP) is 4.56. The number of imidazole rings is 1. The van der Waals surface area contributed by atoms with Crippen molar-refractivity contribution in [2.75, 3.05) is 7.11 Å². The second kappa shape index (κ2) is 8.03. The summed E-state index contributed by atoms with van der Waals surface area (Å²) < 4.78 is 15.7. The number of aryl methyl sites for hydroxylation is 1. The molecule has 1 aliphatic heterocycles. The van der Waals surface area contributed by atoms with Gasteiger partial charge in [0.25, 0.3) is 0 Å². The minimum atomic E-state index is -0.0627. The molecular formula is C26H26N6O2. The maximum atomic E-state index is 9.64. The highest BCUT2D eigenvalue weighted by Crippen LogP contribution is 2.36. The van der Waals surface area contributed by atoms with Crippen LogP contribution in [0.5, 0.6) is 11.5 Å². The maximum absolute atomic E-state index is 9.64. The lowest BCUT2D eigenvalue weighted by atomic mass is 9.85. The Hall–Kier alpha value is -4.12. The molecule has 34 heavy (non-hydrogen) atoms. The summed E-state index contributed by atoms with van der Waals surface area (Å²) in [4.78, 5) is 4.31. The number of rotatable bonds is 4. The molecule has 2 aromatic heterocycles. The van der Waals surface area contributed by atoms with Crippen LogP contribution in [0.25, 0.3) is 17.1 Å². The van der Waals surface area contributed by atoms with E-state index in [1.54, 1.807) is 13.4 Å². The second-order valence-corrected chi connectivity index (χ2v) is 9.47. The first-order chi connectivity index (χ1) is 16.3. The molecule has 0 spiro atoms. The zero-order valence-electron chi connectivity index (χ0n) is 20.0. The van der Waals surface area contributed by atoms with Crippen LogP contribution in [0.2, 0.25) is 0 Å². The normalized spacial score (nSPS) is 12.2. The van der Waals surface area contributed by atoms with Gasteiger partial charge in [-0.15, -0.1) is 10.2 Å². The molecule has 0 atom stereocenters. The fraction of sp³-hybridized carbons (Fsp3) is 0.308. The van der Waals surface area contributed by atoms with Crippen LogP contribution < -0.4 is 9.47 Å². The van der Waals surface area contributed by atoms with Gasteiger partial charge in [-0.25, -0.2) is 4.98 Å². The van der Waals surface area contributed by atoms with E-state index in [0.717, 1.165) is 28.3 Å². The SMILES string of the molecule is COc1ccc2c(c1)-c1nnc(COc3ccc(C)cc3C(C)(C)C)n1Cc1c(C#N)ncn1-2. The Labute approximate surface area is 198 Å². The molecule has 0 aliphatic carbocycles. The van der Waals surface area contributed by atoms with Crippen LogP contribution in [0.15, 0.2) is 42.7 Å². The Kier molecular flexibility index (Phi) is 5.13. The first-order valence-corrected chi connectivity index (χ1v) is 11.1. The first kappa shape index (κ1) is 21.7. The number of ether oxygens (including phenoxy) is 2. The fourth-order valence-electron chi connectivity index (χ4n) is 4.31. The van der Waals surface area contributed by atoms with E-state index in [4.69, 9.17) is 9.47 Å². The van der Waals surface area contributed by atoms with Crippen molar-refractivity contribution in [1.29, 1.82) is 5.26 Å². The smallest absolute Gasteiger partial charge is 0.171 e. The van der Waals surface area contributed by atoms with Crippen LogP contribution in [0.3, 0.4) is 0 Å². The first-order valence-electron chi connectivity index (χ1n) is 11.1. The molecule has 0 N–H and O–H groups in total. The Balaban J connectivity index is 1.58. The lowest BCUT2D eigenvalue weighted by Crippen LogP contribution is -2.15. The largest absolute Gasteiger partial charge is 0.497 e. The molecular weight excluding hydrogens is 428 g/mol. The molecule has 0 saturated carbocycles. The number of hydrogen-bond acceptors (Lipinski definition) is 6. The van der Waals surface area contributed by atoms with Crippen LogP contribution >= 0.6 is 0 Å². The van der Waals surface area contributed by atoms with Crippen LogP contribution in [0.4, 0.5) is 0 Å². The number of benzene rings is 2. The molecule has 0 fully saturated rings. The molecule has 5 rings (SSSR count). The monoisotopic (exact) mass is 454 g/mol. The predicted molar refractivity (Wildman–Crippen MR) is 127 cm³/mol. The van der Waals surface area contributed by atoms with E-state index in [0.29, 0.717) is 29.6 Å². The average Bonchev–Trinajstić information content (AvgIpc) is 3.38. The lowest BCUT2D eigenvalue weighted by Gasteiger charge is -2.23.